The van der Waals surface area contributed by atoms with Crippen molar-refractivity contribution >= 4 is 21.6 Å². The van der Waals surface area contributed by atoms with Gasteiger partial charge >= 0.3 is 0 Å². The molecule has 1 aromatic rings. The van der Waals surface area contributed by atoms with Gasteiger partial charge in [0.1, 0.15) is 11.0 Å². The monoisotopic (exact) mass is 323 g/mol. The van der Waals surface area contributed by atoms with Crippen LogP contribution in [0.1, 0.15) is 26.2 Å². The third-order valence-corrected chi connectivity index (χ3v) is 4.38. The van der Waals surface area contributed by atoms with Crippen LogP contribution in [0.5, 0.6) is 0 Å². The normalized spacial score (nSPS) is 22.2. The largest absolute Gasteiger partial charge is 0.382 e. The fourth-order valence-corrected chi connectivity index (χ4v) is 3.00. The number of terminal acetylenes is 1. The molecule has 0 radical (unpaired) electrons. The number of aromatic nitrogens is 2. The molecule has 1 aliphatic carbocycles. The standard InChI is InChI=1S/C14H18BrN3O/c1-3-6-18-14(19)13(15)12(9-17-18)16-8-11-5-4-10(2)7-11/h1,9-11,16H,4-8H2,2H3. The van der Waals surface area contributed by atoms with Crippen molar-refractivity contribution in [1.82, 2.24) is 9.78 Å². The highest BCUT2D eigenvalue weighted by Gasteiger charge is 2.21. The predicted molar refractivity (Wildman–Crippen MR) is 80.0 cm³/mol. The van der Waals surface area contributed by atoms with E-state index >= 15 is 0 Å². The van der Waals surface area contributed by atoms with Gasteiger partial charge in [-0.3, -0.25) is 4.79 Å². The maximum Gasteiger partial charge on any atom is 0.284 e. The van der Waals surface area contributed by atoms with Crippen LogP contribution >= 0.6 is 15.9 Å². The van der Waals surface area contributed by atoms with Gasteiger partial charge in [0.05, 0.1) is 11.9 Å². The Morgan fingerprint density at radius 1 is 1.63 bits per heavy atom. The van der Waals surface area contributed by atoms with Gasteiger partial charge in [-0.1, -0.05) is 19.3 Å². The second-order valence-corrected chi connectivity index (χ2v) is 6.00. The molecule has 19 heavy (non-hydrogen) atoms. The maximum atomic E-state index is 11.9. The average molecular weight is 324 g/mol. The zero-order valence-corrected chi connectivity index (χ0v) is 12.6. The van der Waals surface area contributed by atoms with Crippen LogP contribution in [0.3, 0.4) is 0 Å². The van der Waals surface area contributed by atoms with Crippen LogP contribution in [0.2, 0.25) is 0 Å². The number of rotatable bonds is 4. The van der Waals surface area contributed by atoms with Crippen molar-refractivity contribution in [2.45, 2.75) is 32.7 Å². The molecular formula is C14H18BrN3O. The third-order valence-electron chi connectivity index (χ3n) is 3.61. The van der Waals surface area contributed by atoms with Gasteiger partial charge in [-0.05, 0) is 40.6 Å². The molecule has 5 heteroatoms. The summed E-state index contributed by atoms with van der Waals surface area (Å²) >= 11 is 3.32. The van der Waals surface area contributed by atoms with E-state index in [9.17, 15) is 4.79 Å². The Kier molecular flexibility index (Phi) is 4.65. The lowest BCUT2D eigenvalue weighted by atomic mass is 10.1. The molecule has 0 aromatic carbocycles. The molecule has 0 spiro atoms. The molecule has 1 aromatic heterocycles. The summed E-state index contributed by atoms with van der Waals surface area (Å²) in [7, 11) is 0. The van der Waals surface area contributed by atoms with Gasteiger partial charge in [-0.15, -0.1) is 6.42 Å². The fourth-order valence-electron chi connectivity index (χ4n) is 2.55. The number of hydrogen-bond acceptors (Lipinski definition) is 3. The Morgan fingerprint density at radius 2 is 2.42 bits per heavy atom. The SMILES string of the molecule is C#CCn1ncc(NCC2CCC(C)C2)c(Br)c1=O. The van der Waals surface area contributed by atoms with Gasteiger partial charge < -0.3 is 5.32 Å². The Morgan fingerprint density at radius 3 is 3.05 bits per heavy atom. The third kappa shape index (κ3) is 3.38. The summed E-state index contributed by atoms with van der Waals surface area (Å²) in [4.78, 5) is 11.9. The van der Waals surface area contributed by atoms with Gasteiger partial charge in [0.2, 0.25) is 0 Å². The number of hydrogen-bond donors (Lipinski definition) is 1. The van der Waals surface area contributed by atoms with E-state index in [0.717, 1.165) is 18.2 Å². The molecule has 2 rings (SSSR count). The summed E-state index contributed by atoms with van der Waals surface area (Å²) in [5, 5.41) is 7.37. The van der Waals surface area contributed by atoms with Gasteiger partial charge in [-0.2, -0.15) is 5.10 Å². The Hall–Kier alpha value is -1.28. The molecule has 1 saturated carbocycles. The molecule has 2 atom stereocenters. The summed E-state index contributed by atoms with van der Waals surface area (Å²) in [6.45, 7) is 3.37. The van der Waals surface area contributed by atoms with Crippen LogP contribution < -0.4 is 10.9 Å². The molecular weight excluding hydrogens is 306 g/mol. The second kappa shape index (κ2) is 6.25. The van der Waals surface area contributed by atoms with Gasteiger partial charge in [-0.25, -0.2) is 4.68 Å². The van der Waals surface area contributed by atoms with E-state index in [1.807, 2.05) is 0 Å². The van der Waals surface area contributed by atoms with E-state index < -0.39 is 0 Å². The summed E-state index contributed by atoms with van der Waals surface area (Å²) in [5.74, 6) is 3.92. The molecule has 102 valence electrons. The summed E-state index contributed by atoms with van der Waals surface area (Å²) < 4.78 is 1.77. The highest BCUT2D eigenvalue weighted by molar-refractivity contribution is 9.10. The van der Waals surface area contributed by atoms with Crippen LogP contribution in [-0.2, 0) is 6.54 Å². The Labute approximate surface area is 121 Å². The van der Waals surface area contributed by atoms with E-state index in [-0.39, 0.29) is 12.1 Å². The Balaban J connectivity index is 2.03. The molecule has 4 nitrogen and oxygen atoms in total. The molecule has 0 aliphatic heterocycles. The average Bonchev–Trinajstić information content (AvgIpc) is 2.80. The smallest absolute Gasteiger partial charge is 0.284 e. The molecule has 1 N–H and O–H groups in total. The van der Waals surface area contributed by atoms with E-state index in [2.05, 4.69) is 39.2 Å². The first kappa shape index (κ1) is 14.1. The van der Waals surface area contributed by atoms with Gasteiger partial charge in [0, 0.05) is 6.54 Å². The van der Waals surface area contributed by atoms with Crippen LogP contribution in [0.15, 0.2) is 15.5 Å². The highest BCUT2D eigenvalue weighted by atomic mass is 79.9. The molecule has 0 bridgehead atoms. The van der Waals surface area contributed by atoms with Crippen molar-refractivity contribution < 1.29 is 0 Å². The second-order valence-electron chi connectivity index (χ2n) is 5.20. The van der Waals surface area contributed by atoms with Crippen molar-refractivity contribution in [3.63, 3.8) is 0 Å². The number of nitrogens with one attached hydrogen (secondary N) is 1. The molecule has 1 fully saturated rings. The van der Waals surface area contributed by atoms with E-state index in [1.165, 1.54) is 23.9 Å². The van der Waals surface area contributed by atoms with Crippen molar-refractivity contribution in [1.29, 1.82) is 0 Å². The minimum atomic E-state index is -0.192. The molecule has 0 amide bonds. The van der Waals surface area contributed by atoms with Crippen LogP contribution in [0, 0.1) is 24.2 Å². The lowest BCUT2D eigenvalue weighted by molar-refractivity contribution is 0.536. The number of halogens is 1. The van der Waals surface area contributed by atoms with E-state index in [4.69, 9.17) is 6.42 Å². The minimum absolute atomic E-state index is 0.192. The molecule has 1 aliphatic rings. The minimum Gasteiger partial charge on any atom is -0.382 e. The molecule has 2 unspecified atom stereocenters. The van der Waals surface area contributed by atoms with Crippen LogP contribution in [-0.4, -0.2) is 16.3 Å². The summed E-state index contributed by atoms with van der Waals surface area (Å²) in [6, 6.07) is 0. The van der Waals surface area contributed by atoms with Crippen molar-refractivity contribution in [2.24, 2.45) is 11.8 Å². The van der Waals surface area contributed by atoms with E-state index in [0.29, 0.717) is 10.4 Å². The quantitative estimate of drug-likeness (QED) is 0.866. The zero-order chi connectivity index (χ0) is 13.8. The summed E-state index contributed by atoms with van der Waals surface area (Å²) in [6.07, 6.45) is 10.7. The topological polar surface area (TPSA) is 46.9 Å². The van der Waals surface area contributed by atoms with Crippen molar-refractivity contribution in [3.8, 4) is 12.3 Å². The molecule has 1 heterocycles. The Bertz CT molecular complexity index is 547. The van der Waals surface area contributed by atoms with E-state index in [1.54, 1.807) is 6.20 Å². The van der Waals surface area contributed by atoms with Crippen LogP contribution in [0.4, 0.5) is 5.69 Å². The van der Waals surface area contributed by atoms with Gasteiger partial charge in [0.15, 0.2) is 0 Å². The lowest BCUT2D eigenvalue weighted by Gasteiger charge is -2.13. The van der Waals surface area contributed by atoms with Gasteiger partial charge in [0.25, 0.3) is 5.56 Å². The highest BCUT2D eigenvalue weighted by Crippen LogP contribution is 2.30. The number of nitrogens with zero attached hydrogens (tertiary/aromatic N) is 2. The number of anilines is 1. The van der Waals surface area contributed by atoms with Crippen molar-refractivity contribution in [3.05, 3.63) is 21.0 Å². The van der Waals surface area contributed by atoms with Crippen molar-refractivity contribution in [2.75, 3.05) is 11.9 Å². The first-order valence-corrected chi connectivity index (χ1v) is 7.34. The first-order valence-electron chi connectivity index (χ1n) is 6.54. The lowest BCUT2D eigenvalue weighted by Crippen LogP contribution is -2.24. The molecule has 0 saturated heterocycles. The zero-order valence-electron chi connectivity index (χ0n) is 11.0. The maximum absolute atomic E-state index is 11.9. The summed E-state index contributed by atoms with van der Waals surface area (Å²) in [5.41, 5.74) is 0.556. The predicted octanol–water partition coefficient (Wildman–Crippen LogP) is 2.49. The first-order chi connectivity index (χ1) is 9.11. The fraction of sp³-hybridized carbons (Fsp3) is 0.571. The van der Waals surface area contributed by atoms with Crippen LogP contribution in [0.25, 0.3) is 0 Å².